The van der Waals surface area contributed by atoms with Gasteiger partial charge in [-0.3, -0.25) is 19.5 Å². The van der Waals surface area contributed by atoms with Crippen molar-refractivity contribution in [1.82, 2.24) is 4.98 Å². The van der Waals surface area contributed by atoms with Crippen molar-refractivity contribution in [3.8, 4) is 5.75 Å². The van der Waals surface area contributed by atoms with Gasteiger partial charge in [0.2, 0.25) is 5.91 Å². The Morgan fingerprint density at radius 3 is 2.35 bits per heavy atom. The lowest BCUT2D eigenvalue weighted by Gasteiger charge is -2.41. The van der Waals surface area contributed by atoms with Crippen LogP contribution in [0.2, 0.25) is 0 Å². The summed E-state index contributed by atoms with van der Waals surface area (Å²) in [4.78, 5) is 33.5. The Hall–Kier alpha value is -4.45. The van der Waals surface area contributed by atoms with E-state index in [4.69, 9.17) is 4.74 Å². The molecule has 0 spiro atoms. The van der Waals surface area contributed by atoms with Crippen molar-refractivity contribution in [1.29, 1.82) is 0 Å². The maximum Gasteiger partial charge on any atom is 0.259 e. The minimum Gasteiger partial charge on any atom is -0.497 e. The normalized spacial score (nSPS) is 17.1. The first-order chi connectivity index (χ1) is 16.7. The van der Waals surface area contributed by atoms with Crippen molar-refractivity contribution < 1.29 is 14.3 Å². The van der Waals surface area contributed by atoms with E-state index in [0.717, 1.165) is 11.3 Å². The Bertz CT molecular complexity index is 1310. The predicted octanol–water partition coefficient (Wildman–Crippen LogP) is 5.21. The number of benzene rings is 3. The first-order valence-corrected chi connectivity index (χ1v) is 11.0. The Morgan fingerprint density at radius 1 is 0.912 bits per heavy atom. The molecule has 5 rings (SSSR count). The van der Waals surface area contributed by atoms with Crippen LogP contribution in [0.4, 0.5) is 11.4 Å². The van der Waals surface area contributed by atoms with E-state index in [9.17, 15) is 9.59 Å². The molecule has 6 heteroatoms. The van der Waals surface area contributed by atoms with Gasteiger partial charge in [0.25, 0.3) is 5.91 Å². The van der Waals surface area contributed by atoms with Gasteiger partial charge < -0.3 is 10.1 Å². The molecule has 1 aliphatic rings. The summed E-state index contributed by atoms with van der Waals surface area (Å²) in [7, 11) is 1.61. The summed E-state index contributed by atoms with van der Waals surface area (Å²) in [6.07, 6.45) is 3.26. The number of nitrogens with one attached hydrogen (secondary N) is 1. The monoisotopic (exact) mass is 449 g/mol. The topological polar surface area (TPSA) is 71.5 Å². The van der Waals surface area contributed by atoms with Gasteiger partial charge in [0, 0.05) is 17.4 Å². The number of hydrogen-bond donors (Lipinski definition) is 1. The van der Waals surface area contributed by atoms with Crippen LogP contribution >= 0.6 is 0 Å². The number of para-hydroxylation sites is 1. The van der Waals surface area contributed by atoms with Gasteiger partial charge in [-0.1, -0.05) is 48.5 Å². The van der Waals surface area contributed by atoms with Gasteiger partial charge >= 0.3 is 0 Å². The fourth-order valence-corrected chi connectivity index (χ4v) is 4.49. The lowest BCUT2D eigenvalue weighted by molar-refractivity contribution is -0.118. The zero-order valence-electron chi connectivity index (χ0n) is 18.6. The molecule has 0 aliphatic carbocycles. The minimum absolute atomic E-state index is 0.145. The van der Waals surface area contributed by atoms with Crippen LogP contribution in [0.15, 0.2) is 103 Å². The van der Waals surface area contributed by atoms with Crippen molar-refractivity contribution >= 4 is 23.2 Å². The number of aromatic nitrogens is 1. The van der Waals surface area contributed by atoms with Gasteiger partial charge in [0.1, 0.15) is 5.75 Å². The number of pyridine rings is 1. The number of hydrogen-bond acceptors (Lipinski definition) is 4. The van der Waals surface area contributed by atoms with Gasteiger partial charge in [0.05, 0.1) is 31.0 Å². The van der Waals surface area contributed by atoms with E-state index in [2.05, 4.69) is 10.3 Å². The molecule has 0 bridgehead atoms. The molecule has 3 aromatic carbocycles. The number of carbonyl (C=O) groups excluding carboxylic acids is 2. The highest BCUT2D eigenvalue weighted by Gasteiger charge is 2.44. The van der Waals surface area contributed by atoms with Gasteiger partial charge in [-0.25, -0.2) is 0 Å². The molecule has 1 N–H and O–H groups in total. The lowest BCUT2D eigenvalue weighted by atomic mass is 9.78. The molecule has 34 heavy (non-hydrogen) atoms. The third-order valence-electron chi connectivity index (χ3n) is 6.04. The number of ether oxygens (including phenoxy) is 1. The largest absolute Gasteiger partial charge is 0.497 e. The average molecular weight is 450 g/mol. The summed E-state index contributed by atoms with van der Waals surface area (Å²) in [5.74, 6) is -0.306. The summed E-state index contributed by atoms with van der Waals surface area (Å²) in [6, 6.07) is 27.3. The number of anilines is 2. The molecule has 2 unspecified atom stereocenters. The molecule has 0 radical (unpaired) electrons. The van der Waals surface area contributed by atoms with Crippen LogP contribution in [0, 0.1) is 0 Å². The molecule has 0 fully saturated rings. The van der Waals surface area contributed by atoms with Crippen molar-refractivity contribution in [2.45, 2.75) is 12.0 Å². The molecule has 1 aromatic heterocycles. The smallest absolute Gasteiger partial charge is 0.259 e. The Balaban J connectivity index is 1.69. The first-order valence-electron chi connectivity index (χ1n) is 11.0. The molecular formula is C28H23N3O3. The van der Waals surface area contributed by atoms with Crippen molar-refractivity contribution in [3.63, 3.8) is 0 Å². The Labute approximate surface area is 197 Å². The standard InChI is InChI=1S/C28H23N3O3/c1-34-22-15-13-19(14-16-22)26-25(27(32)30-20-8-7-17-29-18-20)23-11-5-6-12-24(23)28(33)31(26)21-9-3-2-4-10-21/h2-18,25-26H,1H3,(H,30,32). The Morgan fingerprint density at radius 2 is 1.65 bits per heavy atom. The van der Waals surface area contributed by atoms with Gasteiger partial charge in [-0.15, -0.1) is 0 Å². The van der Waals surface area contributed by atoms with Crippen LogP contribution in [0.5, 0.6) is 5.75 Å². The fraction of sp³-hybridized carbons (Fsp3) is 0.107. The highest BCUT2D eigenvalue weighted by molar-refractivity contribution is 6.12. The Kier molecular flexibility index (Phi) is 5.79. The number of amides is 2. The second-order valence-electron chi connectivity index (χ2n) is 8.02. The van der Waals surface area contributed by atoms with Crippen molar-refractivity contribution in [2.75, 3.05) is 17.3 Å². The second kappa shape index (κ2) is 9.19. The molecule has 0 saturated heterocycles. The molecule has 4 aromatic rings. The first kappa shape index (κ1) is 21.4. The second-order valence-corrected chi connectivity index (χ2v) is 8.02. The van der Waals surface area contributed by atoms with Gasteiger partial charge in [-0.05, 0) is 53.6 Å². The van der Waals surface area contributed by atoms with Crippen LogP contribution < -0.4 is 15.0 Å². The van der Waals surface area contributed by atoms with E-state index in [-0.39, 0.29) is 11.8 Å². The maximum atomic E-state index is 13.8. The summed E-state index contributed by atoms with van der Waals surface area (Å²) in [5, 5.41) is 3.00. The van der Waals surface area contributed by atoms with Crippen LogP contribution in [0.1, 0.15) is 33.4 Å². The van der Waals surface area contributed by atoms with Crippen LogP contribution in [-0.4, -0.2) is 23.9 Å². The van der Waals surface area contributed by atoms with E-state index >= 15 is 0 Å². The molecule has 2 amide bonds. The van der Waals surface area contributed by atoms with Gasteiger partial charge in [-0.2, -0.15) is 0 Å². The number of nitrogens with zero attached hydrogens (tertiary/aromatic N) is 2. The van der Waals surface area contributed by atoms with Crippen molar-refractivity contribution in [3.05, 3.63) is 120 Å². The quantitative estimate of drug-likeness (QED) is 0.454. The SMILES string of the molecule is COc1ccc(C2C(C(=O)Nc3cccnc3)c3ccccc3C(=O)N2c2ccccc2)cc1. The molecule has 2 heterocycles. The number of fused-ring (bicyclic) bond motifs is 1. The molecule has 2 atom stereocenters. The zero-order chi connectivity index (χ0) is 23.5. The summed E-state index contributed by atoms with van der Waals surface area (Å²) >= 11 is 0. The summed E-state index contributed by atoms with van der Waals surface area (Å²) < 4.78 is 5.33. The fourth-order valence-electron chi connectivity index (χ4n) is 4.49. The molecule has 6 nitrogen and oxygen atoms in total. The van der Waals surface area contributed by atoms with Crippen molar-refractivity contribution in [2.24, 2.45) is 0 Å². The molecule has 168 valence electrons. The van der Waals surface area contributed by atoms with Crippen LogP contribution in [-0.2, 0) is 4.79 Å². The minimum atomic E-state index is -0.650. The average Bonchev–Trinajstić information content (AvgIpc) is 2.89. The predicted molar refractivity (Wildman–Crippen MR) is 131 cm³/mol. The maximum absolute atomic E-state index is 13.8. The number of carbonyl (C=O) groups is 2. The highest BCUT2D eigenvalue weighted by atomic mass is 16.5. The molecule has 1 aliphatic heterocycles. The van der Waals surface area contributed by atoms with E-state index in [1.54, 1.807) is 42.6 Å². The number of methoxy groups -OCH3 is 1. The number of rotatable bonds is 5. The zero-order valence-corrected chi connectivity index (χ0v) is 18.6. The van der Waals surface area contributed by atoms with E-state index in [1.807, 2.05) is 72.8 Å². The van der Waals surface area contributed by atoms with E-state index < -0.39 is 12.0 Å². The molecule has 0 saturated carbocycles. The molecular weight excluding hydrogens is 426 g/mol. The third kappa shape index (κ3) is 3.90. The van der Waals surface area contributed by atoms with Gasteiger partial charge in [0.15, 0.2) is 0 Å². The summed E-state index contributed by atoms with van der Waals surface area (Å²) in [5.41, 5.74) is 3.37. The lowest BCUT2D eigenvalue weighted by Crippen LogP contribution is -2.46. The van der Waals surface area contributed by atoms with E-state index in [1.165, 1.54) is 0 Å². The van der Waals surface area contributed by atoms with Crippen LogP contribution in [0.3, 0.4) is 0 Å². The van der Waals surface area contributed by atoms with Crippen LogP contribution in [0.25, 0.3) is 0 Å². The third-order valence-corrected chi connectivity index (χ3v) is 6.04. The van der Waals surface area contributed by atoms with E-state index in [0.29, 0.717) is 22.6 Å². The summed E-state index contributed by atoms with van der Waals surface area (Å²) in [6.45, 7) is 0. The highest BCUT2D eigenvalue weighted by Crippen LogP contribution is 2.45.